The molecule has 0 aromatic heterocycles. The average molecular weight is 610 g/mol. The van der Waals surface area contributed by atoms with Gasteiger partial charge in [-0.1, -0.05) is 41.5 Å². The molecule has 1 aliphatic heterocycles. The second kappa shape index (κ2) is 11.2. The molecule has 0 saturated carbocycles. The highest BCUT2D eigenvalue weighted by Gasteiger charge is 2.37. The van der Waals surface area contributed by atoms with Gasteiger partial charge in [0.25, 0.3) is 11.8 Å². The summed E-state index contributed by atoms with van der Waals surface area (Å²) >= 11 is 2.15. The second-order valence-electron chi connectivity index (χ2n) is 8.84. The van der Waals surface area contributed by atoms with Gasteiger partial charge in [0, 0.05) is 0 Å². The van der Waals surface area contributed by atoms with Crippen LogP contribution in [-0.4, -0.2) is 24.5 Å². The molecule has 0 bridgehead atoms. The molecule has 1 aliphatic rings. The fraction of sp³-hybridized carbons (Fsp3) is 0.207. The van der Waals surface area contributed by atoms with Gasteiger partial charge in [-0.2, -0.15) is 0 Å². The number of aryl methyl sites for hydroxylation is 3. The lowest BCUT2D eigenvalue weighted by molar-refractivity contribution is -0.122. The molecule has 0 aliphatic carbocycles. The summed E-state index contributed by atoms with van der Waals surface area (Å²) in [5.41, 5.74) is 5.07. The number of nitrogens with zero attached hydrogens (tertiary/aromatic N) is 1. The lowest BCUT2D eigenvalue weighted by atomic mass is 10.1. The van der Waals surface area contributed by atoms with Crippen molar-refractivity contribution in [3.05, 3.63) is 91.6 Å². The van der Waals surface area contributed by atoms with Crippen LogP contribution in [0.4, 0.5) is 10.5 Å². The zero-order valence-electron chi connectivity index (χ0n) is 21.1. The number of barbiturate groups is 1. The monoisotopic (exact) mass is 610 g/mol. The van der Waals surface area contributed by atoms with Gasteiger partial charge in [-0.25, -0.2) is 9.69 Å². The van der Waals surface area contributed by atoms with Crippen LogP contribution in [0.15, 0.2) is 60.2 Å². The Kier molecular flexibility index (Phi) is 7.97. The third kappa shape index (κ3) is 6.02. The summed E-state index contributed by atoms with van der Waals surface area (Å²) in [6.45, 7) is 8.60. The zero-order valence-corrected chi connectivity index (χ0v) is 23.2. The Hall–Kier alpha value is -3.66. The van der Waals surface area contributed by atoms with E-state index in [9.17, 15) is 14.4 Å². The van der Waals surface area contributed by atoms with Crippen molar-refractivity contribution in [1.29, 1.82) is 0 Å². The first kappa shape index (κ1) is 26.4. The van der Waals surface area contributed by atoms with Crippen LogP contribution in [-0.2, 0) is 16.2 Å². The summed E-state index contributed by atoms with van der Waals surface area (Å²) in [7, 11) is 0. The van der Waals surface area contributed by atoms with Gasteiger partial charge in [-0.15, -0.1) is 0 Å². The largest absolute Gasteiger partial charge is 0.490 e. The van der Waals surface area contributed by atoms with Crippen molar-refractivity contribution in [3.8, 4) is 11.5 Å². The van der Waals surface area contributed by atoms with E-state index in [1.54, 1.807) is 30.3 Å². The van der Waals surface area contributed by atoms with Gasteiger partial charge in [-0.3, -0.25) is 14.9 Å². The molecule has 4 rings (SSSR count). The Morgan fingerprint density at radius 3 is 2.32 bits per heavy atom. The Labute approximate surface area is 229 Å². The lowest BCUT2D eigenvalue weighted by Gasteiger charge is -2.26. The molecule has 1 saturated heterocycles. The van der Waals surface area contributed by atoms with Crippen molar-refractivity contribution in [1.82, 2.24) is 5.32 Å². The number of halogens is 1. The summed E-state index contributed by atoms with van der Waals surface area (Å²) in [6, 6.07) is 16.0. The van der Waals surface area contributed by atoms with E-state index in [4.69, 9.17) is 9.47 Å². The number of anilines is 1. The number of ether oxygens (including phenoxy) is 2. The number of carbonyl (C=O) groups is 3. The third-order valence-electron chi connectivity index (χ3n) is 5.67. The Morgan fingerprint density at radius 1 is 0.919 bits per heavy atom. The highest BCUT2D eigenvalue weighted by molar-refractivity contribution is 14.1. The fourth-order valence-electron chi connectivity index (χ4n) is 4.21. The molecule has 4 amide bonds. The van der Waals surface area contributed by atoms with Crippen LogP contribution in [0.3, 0.4) is 0 Å². The number of hydrogen-bond donors (Lipinski definition) is 1. The first-order valence-corrected chi connectivity index (χ1v) is 12.9. The maximum absolute atomic E-state index is 13.3. The van der Waals surface area contributed by atoms with Gasteiger partial charge >= 0.3 is 6.03 Å². The first-order valence-electron chi connectivity index (χ1n) is 11.8. The quantitative estimate of drug-likeness (QED) is 0.206. The molecule has 37 heavy (non-hydrogen) atoms. The summed E-state index contributed by atoms with van der Waals surface area (Å²) < 4.78 is 12.8. The number of amides is 4. The van der Waals surface area contributed by atoms with Crippen molar-refractivity contribution in [3.63, 3.8) is 0 Å². The predicted octanol–water partition coefficient (Wildman–Crippen LogP) is 5.86. The van der Waals surface area contributed by atoms with Crippen molar-refractivity contribution in [2.75, 3.05) is 11.5 Å². The molecule has 3 aromatic rings. The molecular weight excluding hydrogens is 583 g/mol. The molecule has 0 unspecified atom stereocenters. The maximum Gasteiger partial charge on any atom is 0.335 e. The number of benzene rings is 3. The first-order chi connectivity index (χ1) is 17.7. The van der Waals surface area contributed by atoms with Crippen LogP contribution in [0.25, 0.3) is 6.08 Å². The van der Waals surface area contributed by atoms with Crippen LogP contribution in [0.2, 0.25) is 0 Å². The lowest BCUT2D eigenvalue weighted by Crippen LogP contribution is -2.54. The highest BCUT2D eigenvalue weighted by atomic mass is 127. The van der Waals surface area contributed by atoms with Gasteiger partial charge < -0.3 is 9.47 Å². The van der Waals surface area contributed by atoms with Crippen molar-refractivity contribution >= 4 is 52.2 Å². The van der Waals surface area contributed by atoms with Gasteiger partial charge in [0.05, 0.1) is 15.9 Å². The Bertz CT molecular complexity index is 1410. The minimum atomic E-state index is -0.780. The van der Waals surface area contributed by atoms with E-state index in [2.05, 4.69) is 46.1 Å². The van der Waals surface area contributed by atoms with E-state index in [0.29, 0.717) is 36.0 Å². The molecule has 0 radical (unpaired) electrons. The molecule has 0 atom stereocenters. The minimum absolute atomic E-state index is 0.150. The van der Waals surface area contributed by atoms with E-state index in [-0.39, 0.29) is 5.57 Å². The number of rotatable bonds is 7. The van der Waals surface area contributed by atoms with Gasteiger partial charge in [-0.05, 0) is 97.3 Å². The maximum atomic E-state index is 13.3. The standard InChI is InChI=1S/C29H27IN2O5/c1-5-36-25-15-20(14-24(30)26(25)37-16-21-10-18(3)9-19(4)11-21)13-23-27(33)31-29(35)32(28(23)34)22-8-6-7-17(2)12-22/h6-15H,5,16H2,1-4H3,(H,31,33,35)/b23-13+. The number of nitrogens with one attached hydrogen (secondary N) is 1. The summed E-state index contributed by atoms with van der Waals surface area (Å²) in [6.07, 6.45) is 1.46. The third-order valence-corrected chi connectivity index (χ3v) is 6.47. The number of imide groups is 2. The van der Waals surface area contributed by atoms with E-state index in [0.717, 1.165) is 30.7 Å². The molecular formula is C29H27IN2O5. The van der Waals surface area contributed by atoms with Gasteiger partial charge in [0.15, 0.2) is 11.5 Å². The van der Waals surface area contributed by atoms with Crippen LogP contribution < -0.4 is 19.7 Å². The number of carbonyl (C=O) groups excluding carboxylic acids is 3. The number of urea groups is 1. The Morgan fingerprint density at radius 2 is 1.65 bits per heavy atom. The Balaban J connectivity index is 1.66. The zero-order chi connectivity index (χ0) is 26.7. The van der Waals surface area contributed by atoms with Crippen LogP contribution >= 0.6 is 22.6 Å². The molecule has 7 nitrogen and oxygen atoms in total. The number of hydrogen-bond acceptors (Lipinski definition) is 5. The van der Waals surface area contributed by atoms with Crippen molar-refractivity contribution in [2.45, 2.75) is 34.3 Å². The highest BCUT2D eigenvalue weighted by Crippen LogP contribution is 2.36. The summed E-state index contributed by atoms with van der Waals surface area (Å²) in [5, 5.41) is 2.26. The topological polar surface area (TPSA) is 84.9 Å². The smallest absolute Gasteiger partial charge is 0.335 e. The molecule has 1 heterocycles. The van der Waals surface area contributed by atoms with E-state index in [1.165, 1.54) is 6.08 Å². The normalized spacial score (nSPS) is 14.7. The summed E-state index contributed by atoms with van der Waals surface area (Å²) in [4.78, 5) is 39.4. The molecule has 0 spiro atoms. The van der Waals surface area contributed by atoms with Gasteiger partial charge in [0.1, 0.15) is 12.2 Å². The molecule has 190 valence electrons. The van der Waals surface area contributed by atoms with Crippen LogP contribution in [0.5, 0.6) is 11.5 Å². The fourth-order valence-corrected chi connectivity index (χ4v) is 4.99. The molecule has 1 N–H and O–H groups in total. The van der Waals surface area contributed by atoms with Crippen molar-refractivity contribution in [2.24, 2.45) is 0 Å². The van der Waals surface area contributed by atoms with E-state index >= 15 is 0 Å². The van der Waals surface area contributed by atoms with Gasteiger partial charge in [0.2, 0.25) is 0 Å². The van der Waals surface area contributed by atoms with E-state index < -0.39 is 17.8 Å². The van der Waals surface area contributed by atoms with Crippen molar-refractivity contribution < 1.29 is 23.9 Å². The minimum Gasteiger partial charge on any atom is -0.490 e. The molecule has 3 aromatic carbocycles. The van der Waals surface area contributed by atoms with E-state index in [1.807, 2.05) is 33.8 Å². The summed E-state index contributed by atoms with van der Waals surface area (Å²) in [5.74, 6) is -0.356. The average Bonchev–Trinajstić information content (AvgIpc) is 2.81. The van der Waals surface area contributed by atoms with Crippen LogP contribution in [0, 0.1) is 24.3 Å². The second-order valence-corrected chi connectivity index (χ2v) is 10.0. The SMILES string of the molecule is CCOc1cc(/C=C2\C(=O)NC(=O)N(c3cccc(C)c3)C2=O)cc(I)c1OCc1cc(C)cc(C)c1. The van der Waals surface area contributed by atoms with Crippen LogP contribution in [0.1, 0.15) is 34.7 Å². The predicted molar refractivity (Wildman–Crippen MR) is 151 cm³/mol. The molecule has 8 heteroatoms. The molecule has 1 fully saturated rings.